The van der Waals surface area contributed by atoms with Gasteiger partial charge in [0, 0.05) is 16.8 Å². The first kappa shape index (κ1) is 23.1. The number of fused-ring (bicyclic) bond motifs is 1. The standard InChI is InChI=1S/C28H21N5O2S/c29-17-20-13-15-23(16-14-20)35-18-26-31-32-28(33(26)22-9-2-1-3-10-22)36-19-27(34)30-25-12-6-8-21-7-4-5-11-24(21)25/h1-16H,18-19H2,(H,30,34). The number of para-hydroxylation sites is 1. The van der Waals surface area contributed by atoms with Crippen LogP contribution in [0.3, 0.4) is 0 Å². The third kappa shape index (κ3) is 5.22. The summed E-state index contributed by atoms with van der Waals surface area (Å²) in [4.78, 5) is 12.8. The van der Waals surface area contributed by atoms with Crippen LogP contribution in [0.1, 0.15) is 11.4 Å². The van der Waals surface area contributed by atoms with Gasteiger partial charge in [0.2, 0.25) is 5.91 Å². The number of benzene rings is 4. The van der Waals surface area contributed by atoms with Crippen molar-refractivity contribution in [3.8, 4) is 17.5 Å². The Morgan fingerprint density at radius 1 is 0.917 bits per heavy atom. The molecule has 4 aromatic carbocycles. The number of ether oxygens (including phenoxy) is 1. The fourth-order valence-electron chi connectivity index (χ4n) is 3.75. The van der Waals surface area contributed by atoms with E-state index in [4.69, 9.17) is 10.00 Å². The number of hydrogen-bond acceptors (Lipinski definition) is 6. The average molecular weight is 492 g/mol. The lowest BCUT2D eigenvalue weighted by atomic mass is 10.1. The molecular formula is C28H21N5O2S. The predicted octanol–water partition coefficient (Wildman–Crippen LogP) is 5.60. The van der Waals surface area contributed by atoms with Crippen molar-refractivity contribution in [2.75, 3.05) is 11.1 Å². The van der Waals surface area contributed by atoms with Gasteiger partial charge in [-0.3, -0.25) is 9.36 Å². The Morgan fingerprint density at radius 2 is 1.67 bits per heavy atom. The summed E-state index contributed by atoms with van der Waals surface area (Å²) in [5, 5.41) is 23.3. The second-order valence-corrected chi connectivity index (χ2v) is 8.80. The van der Waals surface area contributed by atoms with Crippen LogP contribution in [0.2, 0.25) is 0 Å². The first-order valence-corrected chi connectivity index (χ1v) is 12.2. The van der Waals surface area contributed by atoms with E-state index >= 15 is 0 Å². The summed E-state index contributed by atoms with van der Waals surface area (Å²) >= 11 is 1.31. The van der Waals surface area contributed by atoms with Crippen LogP contribution >= 0.6 is 11.8 Å². The smallest absolute Gasteiger partial charge is 0.234 e. The molecule has 0 aliphatic carbocycles. The molecular weight excluding hydrogens is 470 g/mol. The molecule has 7 nitrogen and oxygen atoms in total. The van der Waals surface area contributed by atoms with Crippen molar-refractivity contribution in [1.82, 2.24) is 14.8 Å². The predicted molar refractivity (Wildman–Crippen MR) is 140 cm³/mol. The Labute approximate surface area is 212 Å². The molecule has 0 unspecified atom stereocenters. The lowest BCUT2D eigenvalue weighted by molar-refractivity contribution is -0.113. The first-order chi connectivity index (χ1) is 17.7. The fourth-order valence-corrected chi connectivity index (χ4v) is 4.52. The minimum Gasteiger partial charge on any atom is -0.486 e. The van der Waals surface area contributed by atoms with Crippen LogP contribution in [0.5, 0.6) is 5.75 Å². The maximum atomic E-state index is 12.8. The van der Waals surface area contributed by atoms with Gasteiger partial charge in [0.1, 0.15) is 12.4 Å². The Kier molecular flexibility index (Phi) is 6.92. The summed E-state index contributed by atoms with van der Waals surface area (Å²) < 4.78 is 7.78. The van der Waals surface area contributed by atoms with Crippen molar-refractivity contribution in [3.05, 3.63) is 108 Å². The molecule has 0 radical (unpaired) electrons. The number of nitrogens with one attached hydrogen (secondary N) is 1. The third-order valence-corrected chi connectivity index (χ3v) is 6.39. The molecule has 0 aliphatic heterocycles. The maximum Gasteiger partial charge on any atom is 0.234 e. The second-order valence-electron chi connectivity index (χ2n) is 7.86. The summed E-state index contributed by atoms with van der Waals surface area (Å²) in [6.45, 7) is 0.177. The van der Waals surface area contributed by atoms with E-state index in [2.05, 4.69) is 21.6 Å². The van der Waals surface area contributed by atoms with Crippen LogP contribution in [0.4, 0.5) is 5.69 Å². The van der Waals surface area contributed by atoms with Crippen molar-refractivity contribution >= 4 is 34.1 Å². The van der Waals surface area contributed by atoms with Gasteiger partial charge >= 0.3 is 0 Å². The molecule has 0 spiro atoms. The lowest BCUT2D eigenvalue weighted by Crippen LogP contribution is -2.15. The number of aromatic nitrogens is 3. The van der Waals surface area contributed by atoms with E-state index in [1.807, 2.05) is 77.4 Å². The zero-order valence-corrected chi connectivity index (χ0v) is 20.0. The first-order valence-electron chi connectivity index (χ1n) is 11.2. The fraction of sp³-hybridized carbons (Fsp3) is 0.0714. The Bertz CT molecular complexity index is 1540. The molecule has 5 rings (SSSR count). The number of anilines is 1. The lowest BCUT2D eigenvalue weighted by Gasteiger charge is -2.12. The highest BCUT2D eigenvalue weighted by atomic mass is 32.2. The number of nitrogens with zero attached hydrogens (tertiary/aromatic N) is 4. The Balaban J connectivity index is 1.32. The average Bonchev–Trinajstić information content (AvgIpc) is 3.34. The monoisotopic (exact) mass is 491 g/mol. The third-order valence-electron chi connectivity index (χ3n) is 5.46. The summed E-state index contributed by atoms with van der Waals surface area (Å²) in [7, 11) is 0. The van der Waals surface area contributed by atoms with Gasteiger partial charge in [-0.05, 0) is 47.9 Å². The number of nitriles is 1. The normalized spacial score (nSPS) is 10.6. The van der Waals surface area contributed by atoms with Crippen LogP contribution in [0.15, 0.2) is 102 Å². The summed E-state index contributed by atoms with van der Waals surface area (Å²) in [6, 6.07) is 32.5. The highest BCUT2D eigenvalue weighted by molar-refractivity contribution is 7.99. The highest BCUT2D eigenvalue weighted by Gasteiger charge is 2.17. The topological polar surface area (TPSA) is 92.8 Å². The molecule has 36 heavy (non-hydrogen) atoms. The van der Waals surface area contributed by atoms with Gasteiger partial charge in [-0.15, -0.1) is 10.2 Å². The van der Waals surface area contributed by atoms with Gasteiger partial charge < -0.3 is 10.1 Å². The van der Waals surface area contributed by atoms with E-state index < -0.39 is 0 Å². The molecule has 5 aromatic rings. The summed E-state index contributed by atoms with van der Waals surface area (Å²) in [6.07, 6.45) is 0. The van der Waals surface area contributed by atoms with Crippen molar-refractivity contribution in [2.24, 2.45) is 0 Å². The van der Waals surface area contributed by atoms with Gasteiger partial charge in [-0.2, -0.15) is 5.26 Å². The molecule has 1 aromatic heterocycles. The number of rotatable bonds is 8. The maximum absolute atomic E-state index is 12.8. The molecule has 0 fully saturated rings. The summed E-state index contributed by atoms with van der Waals surface area (Å²) in [5.41, 5.74) is 2.22. The quantitative estimate of drug-likeness (QED) is 0.284. The van der Waals surface area contributed by atoms with Crippen molar-refractivity contribution in [1.29, 1.82) is 5.26 Å². The minimum atomic E-state index is -0.130. The number of amides is 1. The van der Waals surface area contributed by atoms with Gasteiger partial charge in [0.25, 0.3) is 0 Å². The highest BCUT2D eigenvalue weighted by Crippen LogP contribution is 2.26. The zero-order chi connectivity index (χ0) is 24.7. The molecule has 0 saturated carbocycles. The molecule has 176 valence electrons. The number of carbonyl (C=O) groups is 1. The van der Waals surface area contributed by atoms with Crippen LogP contribution in [0.25, 0.3) is 16.5 Å². The molecule has 1 heterocycles. The van der Waals surface area contributed by atoms with E-state index in [0.717, 1.165) is 22.1 Å². The molecule has 1 N–H and O–H groups in total. The number of thioether (sulfide) groups is 1. The second kappa shape index (κ2) is 10.8. The van der Waals surface area contributed by atoms with Crippen molar-refractivity contribution in [3.63, 3.8) is 0 Å². The SMILES string of the molecule is N#Cc1ccc(OCc2nnc(SCC(=O)Nc3cccc4ccccc34)n2-c2ccccc2)cc1. The van der Waals surface area contributed by atoms with E-state index in [1.54, 1.807) is 24.3 Å². The van der Waals surface area contributed by atoms with Gasteiger partial charge in [-0.1, -0.05) is 66.4 Å². The van der Waals surface area contributed by atoms with Crippen LogP contribution < -0.4 is 10.1 Å². The van der Waals surface area contributed by atoms with E-state index in [9.17, 15) is 4.79 Å². The zero-order valence-electron chi connectivity index (χ0n) is 19.2. The Morgan fingerprint density at radius 3 is 2.47 bits per heavy atom. The molecule has 0 atom stereocenters. The van der Waals surface area contributed by atoms with E-state index in [0.29, 0.717) is 22.3 Å². The summed E-state index contributed by atoms with van der Waals surface area (Å²) in [5.74, 6) is 1.27. The van der Waals surface area contributed by atoms with Crippen LogP contribution in [0, 0.1) is 11.3 Å². The number of carbonyl (C=O) groups excluding carboxylic acids is 1. The van der Waals surface area contributed by atoms with Gasteiger partial charge in [-0.25, -0.2) is 0 Å². The largest absolute Gasteiger partial charge is 0.486 e. The van der Waals surface area contributed by atoms with Crippen molar-refractivity contribution < 1.29 is 9.53 Å². The number of hydrogen-bond donors (Lipinski definition) is 1. The van der Waals surface area contributed by atoms with Crippen LogP contribution in [-0.2, 0) is 11.4 Å². The van der Waals surface area contributed by atoms with Crippen LogP contribution in [-0.4, -0.2) is 26.4 Å². The molecule has 8 heteroatoms. The Hall–Kier alpha value is -4.61. The van der Waals surface area contributed by atoms with E-state index in [-0.39, 0.29) is 18.3 Å². The molecule has 0 aliphatic rings. The van der Waals surface area contributed by atoms with Crippen molar-refractivity contribution in [2.45, 2.75) is 11.8 Å². The molecule has 0 saturated heterocycles. The molecule has 0 bridgehead atoms. The van der Waals surface area contributed by atoms with Gasteiger partial charge in [0.05, 0.1) is 17.4 Å². The molecule has 1 amide bonds. The van der Waals surface area contributed by atoms with E-state index in [1.165, 1.54) is 11.8 Å². The minimum absolute atomic E-state index is 0.130. The van der Waals surface area contributed by atoms with Gasteiger partial charge in [0.15, 0.2) is 11.0 Å².